The summed E-state index contributed by atoms with van der Waals surface area (Å²) in [7, 11) is -3.48. The molecule has 1 aliphatic rings. The van der Waals surface area contributed by atoms with Crippen LogP contribution >= 0.6 is 0 Å². The molecule has 0 amide bonds. The lowest BCUT2D eigenvalue weighted by Gasteiger charge is -2.29. The first-order chi connectivity index (χ1) is 13.4. The Balaban J connectivity index is 1.44. The van der Waals surface area contributed by atoms with Crippen molar-refractivity contribution in [1.82, 2.24) is 24.4 Å². The van der Waals surface area contributed by atoms with Crippen molar-refractivity contribution in [3.63, 3.8) is 0 Å². The largest absolute Gasteiger partial charge is 0.332 e. The lowest BCUT2D eigenvalue weighted by Crippen LogP contribution is -2.38. The van der Waals surface area contributed by atoms with E-state index in [1.165, 1.54) is 4.31 Å². The number of aryl methyl sites for hydroxylation is 2. The van der Waals surface area contributed by atoms with E-state index >= 15 is 0 Å². The first-order valence-corrected chi connectivity index (χ1v) is 10.6. The quantitative estimate of drug-likeness (QED) is 0.664. The fraction of sp³-hybridized carbons (Fsp3) is 0.368. The molecular formula is C19H21N5O3S. The number of hydrogen-bond donors (Lipinski definition) is 0. The zero-order valence-electron chi connectivity index (χ0n) is 15.7. The molecule has 1 saturated heterocycles. The molecule has 0 bridgehead atoms. The van der Waals surface area contributed by atoms with Crippen molar-refractivity contribution in [3.8, 4) is 11.6 Å². The van der Waals surface area contributed by atoms with Crippen molar-refractivity contribution in [1.29, 1.82) is 0 Å². The van der Waals surface area contributed by atoms with Crippen LogP contribution in [0.5, 0.6) is 0 Å². The van der Waals surface area contributed by atoms with E-state index in [9.17, 15) is 8.42 Å². The maximum absolute atomic E-state index is 12.8. The summed E-state index contributed by atoms with van der Waals surface area (Å²) in [4.78, 5) is 13.2. The van der Waals surface area contributed by atoms with Crippen molar-refractivity contribution >= 4 is 10.0 Å². The minimum atomic E-state index is -3.48. The monoisotopic (exact) mass is 399 g/mol. The van der Waals surface area contributed by atoms with Crippen molar-refractivity contribution in [2.75, 3.05) is 13.1 Å². The van der Waals surface area contributed by atoms with Gasteiger partial charge >= 0.3 is 0 Å². The van der Waals surface area contributed by atoms with Gasteiger partial charge in [-0.2, -0.15) is 9.29 Å². The number of benzene rings is 1. The van der Waals surface area contributed by atoms with Crippen LogP contribution in [0.2, 0.25) is 0 Å². The van der Waals surface area contributed by atoms with E-state index in [1.807, 2.05) is 26.0 Å². The fourth-order valence-electron chi connectivity index (χ4n) is 3.22. The second-order valence-electron chi connectivity index (χ2n) is 6.99. The Morgan fingerprint density at radius 3 is 2.39 bits per heavy atom. The van der Waals surface area contributed by atoms with Gasteiger partial charge in [-0.05, 0) is 38.8 Å². The molecule has 146 valence electrons. The minimum absolute atomic E-state index is 0.0559. The summed E-state index contributed by atoms with van der Waals surface area (Å²) in [5.74, 6) is 0.974. The predicted octanol–water partition coefficient (Wildman–Crippen LogP) is 2.71. The Hall–Kier alpha value is -2.65. The smallest absolute Gasteiger partial charge is 0.278 e. The standard InChI is InChI=1S/C19H21N5O3S/c1-13-3-5-16(6-4-13)28(25,26)24-9-7-15(8-10-24)18-22-19(27-23-18)17-12-20-14(2)11-21-17/h3-6,11-12,15H,7-10H2,1-2H3. The van der Waals surface area contributed by atoms with E-state index in [0.29, 0.717) is 48.2 Å². The number of rotatable bonds is 4. The third-order valence-electron chi connectivity index (χ3n) is 4.92. The second-order valence-corrected chi connectivity index (χ2v) is 8.93. The van der Waals surface area contributed by atoms with Gasteiger partial charge < -0.3 is 4.52 Å². The molecular weight excluding hydrogens is 378 g/mol. The molecule has 0 unspecified atom stereocenters. The molecule has 0 atom stereocenters. The van der Waals surface area contributed by atoms with Crippen LogP contribution in [-0.2, 0) is 10.0 Å². The Morgan fingerprint density at radius 2 is 1.75 bits per heavy atom. The van der Waals surface area contributed by atoms with E-state index in [4.69, 9.17) is 4.52 Å². The van der Waals surface area contributed by atoms with Gasteiger partial charge in [-0.15, -0.1) is 0 Å². The van der Waals surface area contributed by atoms with Crippen LogP contribution in [0.25, 0.3) is 11.6 Å². The lowest BCUT2D eigenvalue weighted by molar-refractivity contribution is 0.307. The summed E-state index contributed by atoms with van der Waals surface area (Å²) in [5, 5.41) is 4.07. The fourth-order valence-corrected chi connectivity index (χ4v) is 4.69. The van der Waals surface area contributed by atoms with Gasteiger partial charge in [0.2, 0.25) is 10.0 Å². The van der Waals surface area contributed by atoms with Gasteiger partial charge in [0.15, 0.2) is 5.82 Å². The van der Waals surface area contributed by atoms with Crippen molar-refractivity contribution in [3.05, 3.63) is 53.7 Å². The highest BCUT2D eigenvalue weighted by Gasteiger charge is 2.31. The molecule has 0 N–H and O–H groups in total. The maximum Gasteiger partial charge on any atom is 0.278 e. The van der Waals surface area contributed by atoms with Gasteiger partial charge in [0.1, 0.15) is 5.69 Å². The molecule has 3 heterocycles. The third kappa shape index (κ3) is 3.67. The molecule has 2 aromatic heterocycles. The van der Waals surface area contributed by atoms with Crippen molar-refractivity contribution in [2.45, 2.75) is 37.5 Å². The van der Waals surface area contributed by atoms with Crippen LogP contribution in [0.4, 0.5) is 0 Å². The number of piperidine rings is 1. The summed E-state index contributed by atoms with van der Waals surface area (Å²) in [5.41, 5.74) is 2.37. The Labute approximate surface area is 163 Å². The molecule has 1 aromatic carbocycles. The first kappa shape index (κ1) is 18.7. The number of nitrogens with zero attached hydrogens (tertiary/aromatic N) is 5. The van der Waals surface area contributed by atoms with Crippen molar-refractivity contribution in [2.24, 2.45) is 0 Å². The molecule has 4 rings (SSSR count). The molecule has 28 heavy (non-hydrogen) atoms. The normalized spacial score (nSPS) is 16.4. The van der Waals surface area contributed by atoms with Gasteiger partial charge in [0, 0.05) is 25.2 Å². The van der Waals surface area contributed by atoms with Gasteiger partial charge in [0.25, 0.3) is 5.89 Å². The Morgan fingerprint density at radius 1 is 1.04 bits per heavy atom. The average molecular weight is 399 g/mol. The zero-order chi connectivity index (χ0) is 19.7. The van der Waals surface area contributed by atoms with Gasteiger partial charge in [-0.25, -0.2) is 13.4 Å². The van der Waals surface area contributed by atoms with Crippen LogP contribution in [0, 0.1) is 13.8 Å². The highest BCUT2D eigenvalue weighted by atomic mass is 32.2. The summed E-state index contributed by atoms with van der Waals surface area (Å²) in [6.07, 6.45) is 4.53. The second kappa shape index (κ2) is 7.40. The van der Waals surface area contributed by atoms with Gasteiger partial charge in [-0.3, -0.25) is 4.98 Å². The van der Waals surface area contributed by atoms with Crippen LogP contribution < -0.4 is 0 Å². The topological polar surface area (TPSA) is 102 Å². The summed E-state index contributed by atoms with van der Waals surface area (Å²) >= 11 is 0. The Kier molecular flexibility index (Phi) is 4.94. The third-order valence-corrected chi connectivity index (χ3v) is 6.83. The van der Waals surface area contributed by atoms with Crippen LogP contribution in [0.3, 0.4) is 0 Å². The number of aromatic nitrogens is 4. The highest BCUT2D eigenvalue weighted by molar-refractivity contribution is 7.89. The van der Waals surface area contributed by atoms with E-state index in [-0.39, 0.29) is 5.92 Å². The van der Waals surface area contributed by atoms with E-state index in [1.54, 1.807) is 24.5 Å². The molecule has 8 nitrogen and oxygen atoms in total. The van der Waals surface area contributed by atoms with Crippen LogP contribution in [0.1, 0.15) is 35.8 Å². The summed E-state index contributed by atoms with van der Waals surface area (Å²) in [6, 6.07) is 6.94. The molecule has 0 saturated carbocycles. The molecule has 3 aromatic rings. The molecule has 0 aliphatic carbocycles. The maximum atomic E-state index is 12.8. The minimum Gasteiger partial charge on any atom is -0.332 e. The molecule has 0 spiro atoms. The lowest BCUT2D eigenvalue weighted by atomic mass is 9.97. The number of sulfonamides is 1. The first-order valence-electron chi connectivity index (χ1n) is 9.13. The summed E-state index contributed by atoms with van der Waals surface area (Å²) in [6.45, 7) is 4.64. The van der Waals surface area contributed by atoms with E-state index in [2.05, 4.69) is 20.1 Å². The predicted molar refractivity (Wildman–Crippen MR) is 102 cm³/mol. The highest BCUT2D eigenvalue weighted by Crippen LogP contribution is 2.30. The van der Waals surface area contributed by atoms with E-state index < -0.39 is 10.0 Å². The van der Waals surface area contributed by atoms with Gasteiger partial charge in [-0.1, -0.05) is 22.9 Å². The molecule has 1 aliphatic heterocycles. The Bertz CT molecular complexity index is 1050. The van der Waals surface area contributed by atoms with E-state index in [0.717, 1.165) is 11.3 Å². The SMILES string of the molecule is Cc1ccc(S(=O)(=O)N2CCC(c3noc(-c4cnc(C)cn4)n3)CC2)cc1. The van der Waals surface area contributed by atoms with Crippen molar-refractivity contribution < 1.29 is 12.9 Å². The van der Waals surface area contributed by atoms with Crippen LogP contribution in [0.15, 0.2) is 46.1 Å². The van der Waals surface area contributed by atoms with Gasteiger partial charge in [0.05, 0.1) is 16.8 Å². The molecule has 9 heteroatoms. The molecule has 1 fully saturated rings. The molecule has 0 radical (unpaired) electrons. The summed E-state index contributed by atoms with van der Waals surface area (Å²) < 4.78 is 32.5. The average Bonchev–Trinajstić information content (AvgIpc) is 3.19. The van der Waals surface area contributed by atoms with Crippen LogP contribution in [-0.4, -0.2) is 45.9 Å². The zero-order valence-corrected chi connectivity index (χ0v) is 16.6. The number of hydrogen-bond acceptors (Lipinski definition) is 7.